The Hall–Kier alpha value is -2.95. The zero-order valence-electron chi connectivity index (χ0n) is 19.4. The summed E-state index contributed by atoms with van der Waals surface area (Å²) in [6, 6.07) is 13.4. The number of amidine groups is 2. The number of benzene rings is 2. The van der Waals surface area contributed by atoms with Crippen molar-refractivity contribution in [2.45, 2.75) is 20.3 Å². The molecule has 0 radical (unpaired) electrons. The number of fused-ring (bicyclic) bond motifs is 1. The highest BCUT2D eigenvalue weighted by Gasteiger charge is 2.35. The zero-order valence-corrected chi connectivity index (χ0v) is 21.8. The van der Waals surface area contributed by atoms with Gasteiger partial charge in [-0.3, -0.25) is 10.2 Å². The SMILES string of the molecule is CCC1=NN2C(=N)/C(=C/c3cc(Br)ccc3OCCOCCOc3ccc(C)cc3)C(=O)N=C2S1. The number of hydrogen-bond donors (Lipinski definition) is 1. The summed E-state index contributed by atoms with van der Waals surface area (Å²) in [5.41, 5.74) is 1.99. The van der Waals surface area contributed by atoms with Gasteiger partial charge in [-0.25, -0.2) is 0 Å². The fraction of sp³-hybridized carbons (Fsp3) is 0.280. The van der Waals surface area contributed by atoms with Crippen LogP contribution in [0.5, 0.6) is 11.5 Å². The number of nitrogens with one attached hydrogen (secondary N) is 1. The second-order valence-corrected chi connectivity index (χ2v) is 9.63. The molecule has 0 aliphatic carbocycles. The summed E-state index contributed by atoms with van der Waals surface area (Å²) in [5.74, 6) is 0.915. The number of thioether (sulfide) groups is 1. The predicted molar refractivity (Wildman–Crippen MR) is 142 cm³/mol. The summed E-state index contributed by atoms with van der Waals surface area (Å²) in [4.78, 5) is 16.8. The third kappa shape index (κ3) is 6.39. The van der Waals surface area contributed by atoms with Crippen LogP contribution in [0.2, 0.25) is 0 Å². The molecule has 35 heavy (non-hydrogen) atoms. The van der Waals surface area contributed by atoms with Crippen LogP contribution in [0, 0.1) is 12.3 Å². The van der Waals surface area contributed by atoms with Gasteiger partial charge in [0.2, 0.25) is 5.17 Å². The molecule has 0 spiro atoms. The molecule has 0 unspecified atom stereocenters. The molecule has 10 heteroatoms. The molecule has 8 nitrogen and oxygen atoms in total. The van der Waals surface area contributed by atoms with Gasteiger partial charge < -0.3 is 14.2 Å². The monoisotopic (exact) mass is 556 g/mol. The summed E-state index contributed by atoms with van der Waals surface area (Å²) in [7, 11) is 0. The van der Waals surface area contributed by atoms with Crippen LogP contribution in [-0.2, 0) is 9.53 Å². The average Bonchev–Trinajstić information content (AvgIpc) is 3.26. The number of ether oxygens (including phenoxy) is 3. The normalized spacial score (nSPS) is 16.3. The van der Waals surface area contributed by atoms with Crippen LogP contribution in [0.3, 0.4) is 0 Å². The van der Waals surface area contributed by atoms with Gasteiger partial charge in [-0.2, -0.15) is 15.1 Å². The van der Waals surface area contributed by atoms with Crippen molar-refractivity contribution < 1.29 is 19.0 Å². The molecule has 4 rings (SSSR count). The fourth-order valence-electron chi connectivity index (χ4n) is 3.26. The second kappa shape index (κ2) is 11.7. The Morgan fingerprint density at radius 2 is 1.83 bits per heavy atom. The van der Waals surface area contributed by atoms with E-state index in [0.29, 0.717) is 49.3 Å². The van der Waals surface area contributed by atoms with E-state index in [-0.39, 0.29) is 11.4 Å². The lowest BCUT2D eigenvalue weighted by molar-refractivity contribution is -0.114. The van der Waals surface area contributed by atoms with Crippen LogP contribution in [0.4, 0.5) is 0 Å². The lowest BCUT2D eigenvalue weighted by Gasteiger charge is -2.20. The van der Waals surface area contributed by atoms with Gasteiger partial charge in [-0.05, 0) is 61.5 Å². The van der Waals surface area contributed by atoms with E-state index in [4.69, 9.17) is 19.6 Å². The zero-order chi connectivity index (χ0) is 24.8. The molecule has 182 valence electrons. The van der Waals surface area contributed by atoms with Crippen LogP contribution >= 0.6 is 27.7 Å². The highest BCUT2D eigenvalue weighted by molar-refractivity contribution is 9.10. The molecule has 0 fully saturated rings. The molecular formula is C25H25BrN4O4S. The first-order chi connectivity index (χ1) is 16.9. The van der Waals surface area contributed by atoms with E-state index in [1.807, 2.05) is 56.3 Å². The highest BCUT2D eigenvalue weighted by atomic mass is 79.9. The quantitative estimate of drug-likeness (QED) is 0.316. The smallest absolute Gasteiger partial charge is 0.283 e. The third-order valence-electron chi connectivity index (χ3n) is 5.07. The van der Waals surface area contributed by atoms with Gasteiger partial charge >= 0.3 is 0 Å². The van der Waals surface area contributed by atoms with E-state index in [1.54, 1.807) is 6.08 Å². The van der Waals surface area contributed by atoms with Crippen LogP contribution < -0.4 is 9.47 Å². The second-order valence-electron chi connectivity index (χ2n) is 7.67. The molecule has 0 atom stereocenters. The van der Waals surface area contributed by atoms with Crippen molar-refractivity contribution in [2.75, 3.05) is 26.4 Å². The Kier molecular flexibility index (Phi) is 8.37. The van der Waals surface area contributed by atoms with Crippen LogP contribution in [0.25, 0.3) is 6.08 Å². The van der Waals surface area contributed by atoms with Gasteiger partial charge in [0.1, 0.15) is 29.8 Å². The number of hydrogen-bond acceptors (Lipinski definition) is 7. The highest BCUT2D eigenvalue weighted by Crippen LogP contribution is 2.31. The largest absolute Gasteiger partial charge is 0.491 e. The van der Waals surface area contributed by atoms with E-state index in [1.165, 1.54) is 22.3 Å². The molecule has 0 aromatic heterocycles. The minimum absolute atomic E-state index is 0.00112. The maximum absolute atomic E-state index is 12.7. The number of nitrogens with zero attached hydrogens (tertiary/aromatic N) is 3. The maximum atomic E-state index is 12.7. The van der Waals surface area contributed by atoms with Gasteiger partial charge in [0.15, 0.2) is 5.84 Å². The summed E-state index contributed by atoms with van der Waals surface area (Å²) in [6.07, 6.45) is 2.33. The third-order valence-corrected chi connectivity index (χ3v) is 6.62. The molecule has 0 saturated carbocycles. The summed E-state index contributed by atoms with van der Waals surface area (Å²) >= 11 is 4.78. The van der Waals surface area contributed by atoms with Crippen molar-refractivity contribution in [1.82, 2.24) is 5.01 Å². The number of carbonyl (C=O) groups excluding carboxylic acids is 1. The van der Waals surface area contributed by atoms with Crippen LogP contribution in [0.15, 0.2) is 62.6 Å². The average molecular weight is 557 g/mol. The fourth-order valence-corrected chi connectivity index (χ4v) is 4.46. The van der Waals surface area contributed by atoms with E-state index < -0.39 is 5.91 Å². The van der Waals surface area contributed by atoms with Crippen molar-refractivity contribution in [2.24, 2.45) is 10.1 Å². The first-order valence-electron chi connectivity index (χ1n) is 11.1. The summed E-state index contributed by atoms with van der Waals surface area (Å²) < 4.78 is 18.0. The Balaban J connectivity index is 1.34. The Morgan fingerprint density at radius 3 is 2.57 bits per heavy atom. The van der Waals surface area contributed by atoms with Crippen LogP contribution in [-0.4, -0.2) is 53.4 Å². The topological polar surface area (TPSA) is 96.6 Å². The summed E-state index contributed by atoms with van der Waals surface area (Å²) in [5, 5.41) is 15.5. The molecule has 2 heterocycles. The van der Waals surface area contributed by atoms with Crippen molar-refractivity contribution in [3.63, 3.8) is 0 Å². The molecule has 0 saturated heterocycles. The number of rotatable bonds is 10. The summed E-state index contributed by atoms with van der Waals surface area (Å²) in [6.45, 7) is 5.59. The van der Waals surface area contributed by atoms with Gasteiger partial charge in [0, 0.05) is 10.0 Å². The van der Waals surface area contributed by atoms with Crippen molar-refractivity contribution >= 4 is 55.7 Å². The number of amides is 1. The Morgan fingerprint density at radius 1 is 1.09 bits per heavy atom. The van der Waals surface area contributed by atoms with Gasteiger partial charge in [0.05, 0.1) is 18.8 Å². The molecule has 2 aliphatic rings. The molecule has 0 bridgehead atoms. The standard InChI is InChI=1S/C25H25BrN4O4S/c1-3-22-29-30-23(27)20(24(31)28-25(30)35-22)15-17-14-18(26)6-9-21(17)34-13-11-32-10-12-33-19-7-4-16(2)5-8-19/h4-9,14-15,27H,3,10-13H2,1-2H3/b20-15-,27-23?. The van der Waals surface area contributed by atoms with Gasteiger partial charge in [-0.15, -0.1) is 0 Å². The molecule has 2 aromatic carbocycles. The predicted octanol–water partition coefficient (Wildman–Crippen LogP) is 5.26. The molecule has 1 amide bonds. The Bertz CT molecular complexity index is 1210. The molecule has 2 aliphatic heterocycles. The molecular weight excluding hydrogens is 532 g/mol. The maximum Gasteiger partial charge on any atom is 0.283 e. The number of aliphatic imine (C=N–C) groups is 1. The number of aryl methyl sites for hydroxylation is 1. The van der Waals surface area contributed by atoms with Crippen molar-refractivity contribution in [1.29, 1.82) is 5.41 Å². The lowest BCUT2D eigenvalue weighted by atomic mass is 10.1. The molecule has 1 N–H and O–H groups in total. The Labute approximate surface area is 216 Å². The van der Waals surface area contributed by atoms with E-state index in [2.05, 4.69) is 26.0 Å². The van der Waals surface area contributed by atoms with E-state index in [9.17, 15) is 4.79 Å². The van der Waals surface area contributed by atoms with Crippen LogP contribution in [0.1, 0.15) is 24.5 Å². The first kappa shape index (κ1) is 25.2. The lowest BCUT2D eigenvalue weighted by Crippen LogP contribution is -2.35. The van der Waals surface area contributed by atoms with E-state index in [0.717, 1.165) is 15.3 Å². The number of hydrazone groups is 1. The van der Waals surface area contributed by atoms with Crippen molar-refractivity contribution in [3.05, 3.63) is 63.6 Å². The van der Waals surface area contributed by atoms with Gasteiger partial charge in [0.25, 0.3) is 5.91 Å². The van der Waals surface area contributed by atoms with Crippen molar-refractivity contribution in [3.8, 4) is 11.5 Å². The number of carbonyl (C=O) groups is 1. The minimum Gasteiger partial charge on any atom is -0.491 e. The van der Waals surface area contributed by atoms with Gasteiger partial charge in [-0.1, -0.05) is 40.5 Å². The first-order valence-corrected chi connectivity index (χ1v) is 12.7. The number of halogens is 1. The van der Waals surface area contributed by atoms with E-state index >= 15 is 0 Å². The minimum atomic E-state index is -0.468. The molecule has 2 aromatic rings.